The Hall–Kier alpha value is -3.78. The van der Waals surface area contributed by atoms with Crippen LogP contribution in [0.2, 0.25) is 0 Å². The number of rotatable bonds is 5. The van der Waals surface area contributed by atoms with E-state index in [0.29, 0.717) is 6.61 Å². The Morgan fingerprint density at radius 3 is 2.06 bits per heavy atom. The maximum atomic E-state index is 6.62. The van der Waals surface area contributed by atoms with Crippen LogP contribution in [0.5, 0.6) is 5.75 Å². The van der Waals surface area contributed by atoms with Crippen molar-refractivity contribution in [2.75, 3.05) is 0 Å². The van der Waals surface area contributed by atoms with Crippen LogP contribution < -0.4 is 10.2 Å². The number of benzene rings is 5. The van der Waals surface area contributed by atoms with Gasteiger partial charge in [-0.2, -0.15) is 0 Å². The van der Waals surface area contributed by atoms with Gasteiger partial charge in [0.15, 0.2) is 0 Å². The summed E-state index contributed by atoms with van der Waals surface area (Å²) in [6, 6.07) is 38.5. The van der Waals surface area contributed by atoms with Crippen LogP contribution >= 0.6 is 0 Å². The molecule has 0 saturated carbocycles. The van der Waals surface area contributed by atoms with Crippen molar-refractivity contribution in [1.29, 1.82) is 0 Å². The molecule has 154 valence electrons. The molecule has 0 saturated heterocycles. The van der Waals surface area contributed by atoms with Gasteiger partial charge in [0, 0.05) is 11.1 Å². The first-order valence-corrected chi connectivity index (χ1v) is 11.1. The predicted molar refractivity (Wildman–Crippen MR) is 139 cm³/mol. The molecule has 5 aromatic carbocycles. The Balaban J connectivity index is 1.74. The highest BCUT2D eigenvalue weighted by Gasteiger charge is 2.17. The quantitative estimate of drug-likeness (QED) is 0.307. The second-order valence-electron chi connectivity index (χ2n) is 8.31. The summed E-state index contributed by atoms with van der Waals surface area (Å²) in [7, 11) is 2.16. The summed E-state index contributed by atoms with van der Waals surface area (Å²) in [4.78, 5) is 0. The van der Waals surface area contributed by atoms with Gasteiger partial charge >= 0.3 is 0 Å². The molecule has 0 atom stereocenters. The van der Waals surface area contributed by atoms with Gasteiger partial charge in [-0.3, -0.25) is 0 Å². The molecule has 32 heavy (non-hydrogen) atoms. The SMILES string of the molecule is Bc1ccccc1-c1cc(C)cc(-c2cccc3ccccc23)c1OCc1ccccc1. The Labute approximate surface area is 190 Å². The molecule has 0 bridgehead atoms. The highest BCUT2D eigenvalue weighted by atomic mass is 16.5. The van der Waals surface area contributed by atoms with Crippen LogP contribution in [0.15, 0.2) is 109 Å². The molecule has 0 N–H and O–H groups in total. The number of aryl methyl sites for hydroxylation is 1. The van der Waals surface area contributed by atoms with Gasteiger partial charge in [-0.25, -0.2) is 0 Å². The van der Waals surface area contributed by atoms with E-state index in [1.54, 1.807) is 0 Å². The molecule has 0 radical (unpaired) electrons. The third kappa shape index (κ3) is 3.92. The molecule has 0 fully saturated rings. The summed E-state index contributed by atoms with van der Waals surface area (Å²) >= 11 is 0. The lowest BCUT2D eigenvalue weighted by Gasteiger charge is -2.20. The molecule has 0 aliphatic heterocycles. The fourth-order valence-electron chi connectivity index (χ4n) is 4.39. The molecule has 0 heterocycles. The molecule has 1 nitrogen and oxygen atoms in total. The lowest BCUT2D eigenvalue weighted by atomic mass is 9.84. The van der Waals surface area contributed by atoms with Crippen LogP contribution in [0.3, 0.4) is 0 Å². The van der Waals surface area contributed by atoms with Crippen LogP contribution in [0.25, 0.3) is 33.0 Å². The van der Waals surface area contributed by atoms with Gasteiger partial charge in [0.1, 0.15) is 20.2 Å². The number of fused-ring (bicyclic) bond motifs is 1. The third-order valence-electron chi connectivity index (χ3n) is 5.97. The minimum atomic E-state index is 0.528. The van der Waals surface area contributed by atoms with Crippen molar-refractivity contribution < 1.29 is 4.74 Å². The molecular formula is C30H25BO. The molecule has 0 aromatic heterocycles. The lowest BCUT2D eigenvalue weighted by molar-refractivity contribution is 0.309. The van der Waals surface area contributed by atoms with Crippen molar-refractivity contribution in [3.05, 3.63) is 120 Å². The number of ether oxygens (including phenoxy) is 1. The van der Waals surface area contributed by atoms with E-state index in [-0.39, 0.29) is 0 Å². The second kappa shape index (κ2) is 8.76. The third-order valence-corrected chi connectivity index (χ3v) is 5.97. The average Bonchev–Trinajstić information content (AvgIpc) is 2.83. The molecule has 0 unspecified atom stereocenters. The van der Waals surface area contributed by atoms with Gasteiger partial charge in [0.2, 0.25) is 0 Å². The highest BCUT2D eigenvalue weighted by molar-refractivity contribution is 6.36. The minimum absolute atomic E-state index is 0.528. The zero-order valence-electron chi connectivity index (χ0n) is 18.5. The van der Waals surface area contributed by atoms with Crippen molar-refractivity contribution in [2.24, 2.45) is 0 Å². The molecule has 0 aliphatic rings. The van der Waals surface area contributed by atoms with E-state index >= 15 is 0 Å². The van der Waals surface area contributed by atoms with E-state index in [0.717, 1.165) is 22.4 Å². The minimum Gasteiger partial charge on any atom is -0.488 e. The zero-order chi connectivity index (χ0) is 21.9. The summed E-state index contributed by atoms with van der Waals surface area (Å²) in [5, 5.41) is 2.47. The summed E-state index contributed by atoms with van der Waals surface area (Å²) in [5.74, 6) is 0.935. The molecule has 0 aliphatic carbocycles. The van der Waals surface area contributed by atoms with Gasteiger partial charge < -0.3 is 4.74 Å². The molecule has 5 aromatic rings. The molecule has 0 amide bonds. The van der Waals surface area contributed by atoms with Crippen LogP contribution in [0, 0.1) is 6.92 Å². The molecule has 5 rings (SSSR count). The van der Waals surface area contributed by atoms with Crippen molar-refractivity contribution in [3.8, 4) is 28.0 Å². The fourth-order valence-corrected chi connectivity index (χ4v) is 4.39. The number of hydrogen-bond acceptors (Lipinski definition) is 1. The standard InChI is InChI=1S/C30H25BO/c1-21-18-27(25-16-9-13-23-12-5-6-14-24(23)25)30(32-20-22-10-3-2-4-11-22)28(19-21)26-15-7-8-17-29(26)31/h2-19H,20,31H2,1H3. The van der Waals surface area contributed by atoms with E-state index in [9.17, 15) is 0 Å². The molecule has 0 spiro atoms. The monoisotopic (exact) mass is 412 g/mol. The fraction of sp³-hybridized carbons (Fsp3) is 0.0667. The summed E-state index contributed by atoms with van der Waals surface area (Å²) < 4.78 is 6.62. The van der Waals surface area contributed by atoms with E-state index in [4.69, 9.17) is 4.74 Å². The van der Waals surface area contributed by atoms with Gasteiger partial charge in [-0.1, -0.05) is 103 Å². The molecular weight excluding hydrogens is 387 g/mol. The second-order valence-corrected chi connectivity index (χ2v) is 8.31. The first-order chi connectivity index (χ1) is 15.7. The Kier molecular flexibility index (Phi) is 5.52. The summed E-state index contributed by atoms with van der Waals surface area (Å²) in [6.07, 6.45) is 0. The maximum absolute atomic E-state index is 6.62. The summed E-state index contributed by atoms with van der Waals surface area (Å²) in [5.41, 5.74) is 8.31. The topological polar surface area (TPSA) is 9.23 Å². The predicted octanol–water partition coefficient (Wildman–Crippen LogP) is 6.32. The van der Waals surface area contributed by atoms with E-state index in [2.05, 4.69) is 118 Å². The maximum Gasteiger partial charge on any atom is 0.140 e. The van der Waals surface area contributed by atoms with E-state index in [1.165, 1.54) is 32.9 Å². The Bertz CT molecular complexity index is 1380. The van der Waals surface area contributed by atoms with Crippen molar-refractivity contribution in [2.45, 2.75) is 13.5 Å². The van der Waals surface area contributed by atoms with E-state index in [1.807, 2.05) is 6.07 Å². The van der Waals surface area contributed by atoms with Crippen LogP contribution in [-0.2, 0) is 6.61 Å². The summed E-state index contributed by atoms with van der Waals surface area (Å²) in [6.45, 7) is 2.69. The van der Waals surface area contributed by atoms with Crippen LogP contribution in [-0.4, -0.2) is 7.85 Å². The largest absolute Gasteiger partial charge is 0.488 e. The Morgan fingerprint density at radius 2 is 1.25 bits per heavy atom. The lowest BCUT2D eigenvalue weighted by Crippen LogP contribution is -2.08. The average molecular weight is 412 g/mol. The zero-order valence-corrected chi connectivity index (χ0v) is 18.5. The smallest absolute Gasteiger partial charge is 0.140 e. The van der Waals surface area contributed by atoms with E-state index < -0.39 is 0 Å². The van der Waals surface area contributed by atoms with Crippen molar-refractivity contribution in [1.82, 2.24) is 0 Å². The normalized spacial score (nSPS) is 10.9. The first kappa shape index (κ1) is 20.1. The van der Waals surface area contributed by atoms with Crippen molar-refractivity contribution in [3.63, 3.8) is 0 Å². The Morgan fingerprint density at radius 1 is 0.625 bits per heavy atom. The van der Waals surface area contributed by atoms with Crippen molar-refractivity contribution >= 4 is 24.1 Å². The van der Waals surface area contributed by atoms with Gasteiger partial charge in [-0.05, 0) is 52.1 Å². The van der Waals surface area contributed by atoms with Crippen LogP contribution in [0.4, 0.5) is 0 Å². The van der Waals surface area contributed by atoms with Gasteiger partial charge in [-0.15, -0.1) is 0 Å². The van der Waals surface area contributed by atoms with Gasteiger partial charge in [0.05, 0.1) is 0 Å². The highest BCUT2D eigenvalue weighted by Crippen LogP contribution is 2.42. The molecule has 2 heteroatoms. The first-order valence-electron chi connectivity index (χ1n) is 11.1. The van der Waals surface area contributed by atoms with Gasteiger partial charge in [0.25, 0.3) is 0 Å². The van der Waals surface area contributed by atoms with Crippen LogP contribution in [0.1, 0.15) is 11.1 Å². The number of hydrogen-bond donors (Lipinski definition) is 0.